The fourth-order valence-electron chi connectivity index (χ4n) is 2.65. The molecular formula is C21H14N2O2. The average Bonchev–Trinajstić information content (AvgIpc) is 2.65. The van der Waals surface area contributed by atoms with Gasteiger partial charge in [0, 0.05) is 0 Å². The van der Waals surface area contributed by atoms with Crippen molar-refractivity contribution >= 4 is 23.5 Å². The highest BCUT2D eigenvalue weighted by Gasteiger charge is 2.03. The van der Waals surface area contributed by atoms with Gasteiger partial charge in [0.05, 0.1) is 11.4 Å². The van der Waals surface area contributed by atoms with Gasteiger partial charge < -0.3 is 0 Å². The minimum atomic E-state index is 0.587. The molecule has 120 valence electrons. The minimum Gasteiger partial charge on any atom is -0.211 e. The van der Waals surface area contributed by atoms with Gasteiger partial charge in [-0.2, -0.15) is 9.98 Å². The van der Waals surface area contributed by atoms with Crippen molar-refractivity contribution in [3.05, 3.63) is 72.3 Å². The van der Waals surface area contributed by atoms with Crippen LogP contribution in [0.1, 0.15) is 5.56 Å². The normalized spacial score (nSPS) is 9.80. The van der Waals surface area contributed by atoms with Crippen LogP contribution in [0.2, 0.25) is 0 Å². The Bertz CT molecular complexity index is 993. The van der Waals surface area contributed by atoms with Gasteiger partial charge in [0.1, 0.15) is 0 Å². The van der Waals surface area contributed by atoms with Crippen LogP contribution < -0.4 is 0 Å². The molecule has 0 heterocycles. The molecule has 0 spiro atoms. The Labute approximate surface area is 145 Å². The molecule has 4 nitrogen and oxygen atoms in total. The number of aliphatic imine (C=N–C) groups is 2. The van der Waals surface area contributed by atoms with Gasteiger partial charge in [-0.15, -0.1) is 0 Å². The number of nitrogens with zero attached hydrogens (tertiary/aromatic N) is 2. The topological polar surface area (TPSA) is 58.9 Å². The Balaban J connectivity index is 1.88. The summed E-state index contributed by atoms with van der Waals surface area (Å²) >= 11 is 0. The SMILES string of the molecule is Cc1cc(-c2ccc(-c3ccc(N=C=O)cc3)cc2)ccc1N=C=O. The Morgan fingerprint density at radius 2 is 1.12 bits per heavy atom. The first kappa shape index (κ1) is 16.3. The summed E-state index contributed by atoms with van der Waals surface area (Å²) in [4.78, 5) is 27.9. The highest BCUT2D eigenvalue weighted by molar-refractivity contribution is 5.73. The zero-order valence-corrected chi connectivity index (χ0v) is 13.6. The summed E-state index contributed by atoms with van der Waals surface area (Å²) in [6.07, 6.45) is 3.10. The van der Waals surface area contributed by atoms with E-state index in [1.807, 2.05) is 61.5 Å². The van der Waals surface area contributed by atoms with Crippen LogP contribution in [0.15, 0.2) is 76.7 Å². The van der Waals surface area contributed by atoms with Gasteiger partial charge in [-0.05, 0) is 59.0 Å². The lowest BCUT2D eigenvalue weighted by Gasteiger charge is -2.07. The first-order chi connectivity index (χ1) is 12.2. The van der Waals surface area contributed by atoms with Crippen LogP contribution in [0.3, 0.4) is 0 Å². The van der Waals surface area contributed by atoms with Crippen molar-refractivity contribution < 1.29 is 9.59 Å². The lowest BCUT2D eigenvalue weighted by molar-refractivity contribution is 0.564. The molecule has 25 heavy (non-hydrogen) atoms. The third-order valence-electron chi connectivity index (χ3n) is 3.96. The van der Waals surface area contributed by atoms with Crippen LogP contribution in [0.4, 0.5) is 11.4 Å². The molecule has 0 aliphatic carbocycles. The monoisotopic (exact) mass is 326 g/mol. The molecule has 0 radical (unpaired) electrons. The van der Waals surface area contributed by atoms with Crippen LogP contribution in [-0.2, 0) is 9.59 Å². The first-order valence-corrected chi connectivity index (χ1v) is 7.68. The molecule has 0 saturated carbocycles. The first-order valence-electron chi connectivity index (χ1n) is 7.68. The average molecular weight is 326 g/mol. The number of rotatable bonds is 4. The zero-order valence-electron chi connectivity index (χ0n) is 13.6. The summed E-state index contributed by atoms with van der Waals surface area (Å²) in [6, 6.07) is 21.3. The van der Waals surface area contributed by atoms with Crippen LogP contribution in [0.25, 0.3) is 22.3 Å². The van der Waals surface area contributed by atoms with Crippen LogP contribution in [0, 0.1) is 6.92 Å². The van der Waals surface area contributed by atoms with Gasteiger partial charge in [-0.25, -0.2) is 9.59 Å². The molecule has 0 fully saturated rings. The lowest BCUT2D eigenvalue weighted by Crippen LogP contribution is -1.82. The van der Waals surface area contributed by atoms with E-state index in [0.29, 0.717) is 11.4 Å². The quantitative estimate of drug-likeness (QED) is 0.485. The van der Waals surface area contributed by atoms with E-state index in [1.165, 1.54) is 6.08 Å². The molecule has 0 N–H and O–H groups in total. The number of aryl methyl sites for hydroxylation is 1. The van der Waals surface area contributed by atoms with Crippen LogP contribution >= 0.6 is 0 Å². The van der Waals surface area contributed by atoms with Crippen molar-refractivity contribution in [1.82, 2.24) is 0 Å². The highest BCUT2D eigenvalue weighted by atomic mass is 16.1. The van der Waals surface area contributed by atoms with E-state index in [4.69, 9.17) is 0 Å². The molecule has 0 amide bonds. The van der Waals surface area contributed by atoms with Crippen molar-refractivity contribution in [3.8, 4) is 22.3 Å². The number of carbonyl (C=O) groups excluding carboxylic acids is 2. The highest BCUT2D eigenvalue weighted by Crippen LogP contribution is 2.29. The second-order valence-electron chi connectivity index (χ2n) is 5.53. The Morgan fingerprint density at radius 3 is 1.64 bits per heavy atom. The van der Waals surface area contributed by atoms with Crippen LogP contribution in [-0.4, -0.2) is 12.2 Å². The van der Waals surface area contributed by atoms with Crippen molar-refractivity contribution in [1.29, 1.82) is 0 Å². The zero-order chi connectivity index (χ0) is 17.6. The molecule has 3 rings (SSSR count). The molecular weight excluding hydrogens is 312 g/mol. The van der Waals surface area contributed by atoms with Crippen molar-refractivity contribution in [2.45, 2.75) is 6.92 Å². The maximum Gasteiger partial charge on any atom is 0.240 e. The van der Waals surface area contributed by atoms with E-state index in [9.17, 15) is 9.59 Å². The van der Waals surface area contributed by atoms with Gasteiger partial charge in [0.2, 0.25) is 12.2 Å². The maximum atomic E-state index is 10.4. The van der Waals surface area contributed by atoms with Gasteiger partial charge in [-0.1, -0.05) is 42.5 Å². The molecule has 0 aliphatic heterocycles. The fraction of sp³-hybridized carbons (Fsp3) is 0.0476. The standard InChI is InChI=1S/C21H14N2O2/c1-15-12-19(8-11-21(15)23-14-25)18-4-2-16(3-5-18)17-6-9-20(10-7-17)22-13-24/h2-12H,1H3. The molecule has 0 unspecified atom stereocenters. The summed E-state index contributed by atoms with van der Waals surface area (Å²) in [5, 5.41) is 0. The number of benzene rings is 3. The summed E-state index contributed by atoms with van der Waals surface area (Å²) in [6.45, 7) is 1.91. The summed E-state index contributed by atoms with van der Waals surface area (Å²) in [5.74, 6) is 0. The largest absolute Gasteiger partial charge is 0.240 e. The molecule has 0 aliphatic rings. The molecule has 0 atom stereocenters. The lowest BCUT2D eigenvalue weighted by atomic mass is 9.99. The second kappa shape index (κ2) is 7.33. The van der Waals surface area contributed by atoms with E-state index in [0.717, 1.165) is 27.8 Å². The molecule has 3 aromatic rings. The van der Waals surface area contributed by atoms with E-state index in [-0.39, 0.29) is 0 Å². The van der Waals surface area contributed by atoms with Crippen molar-refractivity contribution in [2.24, 2.45) is 9.98 Å². The fourth-order valence-corrected chi connectivity index (χ4v) is 2.65. The summed E-state index contributed by atoms with van der Waals surface area (Å²) < 4.78 is 0. The smallest absolute Gasteiger partial charge is 0.211 e. The van der Waals surface area contributed by atoms with Crippen LogP contribution in [0.5, 0.6) is 0 Å². The van der Waals surface area contributed by atoms with E-state index < -0.39 is 0 Å². The molecule has 0 saturated heterocycles. The number of isocyanates is 2. The van der Waals surface area contributed by atoms with E-state index in [2.05, 4.69) is 9.98 Å². The van der Waals surface area contributed by atoms with Gasteiger partial charge in [-0.3, -0.25) is 0 Å². The minimum absolute atomic E-state index is 0.587. The predicted molar refractivity (Wildman–Crippen MR) is 97.6 cm³/mol. The molecule has 3 aromatic carbocycles. The maximum absolute atomic E-state index is 10.4. The Morgan fingerprint density at radius 1 is 0.640 bits per heavy atom. The summed E-state index contributed by atoms with van der Waals surface area (Å²) in [5.41, 5.74) is 6.40. The van der Waals surface area contributed by atoms with Gasteiger partial charge >= 0.3 is 0 Å². The van der Waals surface area contributed by atoms with Crippen molar-refractivity contribution in [2.75, 3.05) is 0 Å². The number of hydrogen-bond donors (Lipinski definition) is 0. The predicted octanol–water partition coefficient (Wildman–Crippen LogP) is 5.26. The van der Waals surface area contributed by atoms with Crippen molar-refractivity contribution in [3.63, 3.8) is 0 Å². The van der Waals surface area contributed by atoms with E-state index >= 15 is 0 Å². The van der Waals surface area contributed by atoms with E-state index in [1.54, 1.807) is 18.2 Å². The molecule has 0 bridgehead atoms. The Hall–Kier alpha value is -3.58. The molecule has 0 aromatic heterocycles. The molecule has 4 heteroatoms. The number of hydrogen-bond acceptors (Lipinski definition) is 4. The van der Waals surface area contributed by atoms with Gasteiger partial charge in [0.25, 0.3) is 0 Å². The third kappa shape index (κ3) is 3.67. The second-order valence-corrected chi connectivity index (χ2v) is 5.53. The Kier molecular flexibility index (Phi) is 4.77. The van der Waals surface area contributed by atoms with Gasteiger partial charge in [0.15, 0.2) is 0 Å². The third-order valence-corrected chi connectivity index (χ3v) is 3.96. The summed E-state index contributed by atoms with van der Waals surface area (Å²) in [7, 11) is 0.